The molecule has 0 radical (unpaired) electrons. The largest absolute Gasteiger partial charge is 0.398 e. The number of nitrogens with two attached hydrogens (primary N) is 1. The SMILES string of the molecule is CCCCCCCCCC(=O)Nc1cc(Cl)c(N)cc1C. The lowest BCUT2D eigenvalue weighted by atomic mass is 10.1. The fourth-order valence-electron chi connectivity index (χ4n) is 2.29. The lowest BCUT2D eigenvalue weighted by molar-refractivity contribution is -0.116. The number of hydrogen-bond acceptors (Lipinski definition) is 2. The van der Waals surface area contributed by atoms with Crippen LogP contribution in [-0.2, 0) is 4.79 Å². The molecule has 0 aliphatic carbocycles. The van der Waals surface area contributed by atoms with Crippen LogP contribution in [0.3, 0.4) is 0 Å². The first-order valence-corrected chi connectivity index (χ1v) is 8.28. The van der Waals surface area contributed by atoms with Crippen LogP contribution in [-0.4, -0.2) is 5.91 Å². The van der Waals surface area contributed by atoms with Crippen molar-refractivity contribution in [2.45, 2.75) is 65.2 Å². The van der Waals surface area contributed by atoms with Crippen molar-refractivity contribution in [3.05, 3.63) is 22.7 Å². The molecule has 0 saturated carbocycles. The fourth-order valence-corrected chi connectivity index (χ4v) is 2.46. The number of amides is 1. The number of rotatable bonds is 9. The molecule has 0 saturated heterocycles. The van der Waals surface area contributed by atoms with Gasteiger partial charge in [-0.15, -0.1) is 0 Å². The summed E-state index contributed by atoms with van der Waals surface area (Å²) in [6, 6.07) is 3.50. The first-order chi connectivity index (χ1) is 10.0. The van der Waals surface area contributed by atoms with Crippen molar-refractivity contribution >= 4 is 28.9 Å². The second-order valence-corrected chi connectivity index (χ2v) is 6.02. The Labute approximate surface area is 133 Å². The maximum absolute atomic E-state index is 11.9. The third-order valence-electron chi connectivity index (χ3n) is 3.63. The molecule has 0 unspecified atom stereocenters. The Morgan fingerprint density at radius 3 is 2.43 bits per heavy atom. The predicted molar refractivity (Wildman–Crippen MR) is 91.8 cm³/mol. The number of carbonyl (C=O) groups excluding carboxylic acids is 1. The van der Waals surface area contributed by atoms with Gasteiger partial charge in [-0.25, -0.2) is 0 Å². The van der Waals surface area contributed by atoms with Crippen molar-refractivity contribution in [2.24, 2.45) is 0 Å². The second kappa shape index (κ2) is 9.67. The van der Waals surface area contributed by atoms with E-state index in [4.69, 9.17) is 17.3 Å². The number of carbonyl (C=O) groups is 1. The van der Waals surface area contributed by atoms with Crippen molar-refractivity contribution in [3.8, 4) is 0 Å². The molecule has 0 aromatic heterocycles. The maximum Gasteiger partial charge on any atom is 0.224 e. The summed E-state index contributed by atoms with van der Waals surface area (Å²) in [5.41, 5.74) is 7.95. The Hall–Kier alpha value is -1.22. The number of benzene rings is 1. The average molecular weight is 311 g/mol. The molecule has 3 nitrogen and oxygen atoms in total. The van der Waals surface area contributed by atoms with Crippen LogP contribution in [0.15, 0.2) is 12.1 Å². The Morgan fingerprint density at radius 2 is 1.76 bits per heavy atom. The Bertz CT molecular complexity index is 460. The lowest BCUT2D eigenvalue weighted by Crippen LogP contribution is -2.12. The summed E-state index contributed by atoms with van der Waals surface area (Å²) in [5.74, 6) is 0.0486. The van der Waals surface area contributed by atoms with Gasteiger partial charge in [-0.1, -0.05) is 57.0 Å². The molecule has 0 heterocycles. The third kappa shape index (κ3) is 6.85. The predicted octanol–water partition coefficient (Wildman–Crippen LogP) is 5.31. The van der Waals surface area contributed by atoms with E-state index < -0.39 is 0 Å². The molecular formula is C17H27ClN2O. The van der Waals surface area contributed by atoms with E-state index in [1.807, 2.05) is 6.92 Å². The van der Waals surface area contributed by atoms with Crippen LogP contribution in [0, 0.1) is 6.92 Å². The van der Waals surface area contributed by atoms with Gasteiger partial charge >= 0.3 is 0 Å². The molecule has 21 heavy (non-hydrogen) atoms. The van der Waals surface area contributed by atoms with Crippen molar-refractivity contribution in [2.75, 3.05) is 11.1 Å². The van der Waals surface area contributed by atoms with Gasteiger partial charge in [0.15, 0.2) is 0 Å². The zero-order valence-electron chi connectivity index (χ0n) is 13.2. The van der Waals surface area contributed by atoms with Gasteiger partial charge in [0.05, 0.1) is 10.7 Å². The highest BCUT2D eigenvalue weighted by Gasteiger charge is 2.07. The molecule has 1 amide bonds. The van der Waals surface area contributed by atoms with Crippen molar-refractivity contribution in [3.63, 3.8) is 0 Å². The molecule has 1 rings (SSSR count). The number of hydrogen-bond donors (Lipinski definition) is 2. The van der Waals surface area contributed by atoms with E-state index in [0.717, 1.165) is 24.1 Å². The normalized spacial score (nSPS) is 10.6. The number of anilines is 2. The first-order valence-electron chi connectivity index (χ1n) is 7.90. The second-order valence-electron chi connectivity index (χ2n) is 5.61. The van der Waals surface area contributed by atoms with E-state index in [0.29, 0.717) is 17.1 Å². The first kappa shape index (κ1) is 17.8. The van der Waals surface area contributed by atoms with Crippen LogP contribution < -0.4 is 11.1 Å². The average Bonchev–Trinajstić information content (AvgIpc) is 2.44. The van der Waals surface area contributed by atoms with Crippen LogP contribution in [0.2, 0.25) is 5.02 Å². The molecule has 118 valence electrons. The summed E-state index contributed by atoms with van der Waals surface area (Å²) in [6.07, 6.45) is 9.03. The summed E-state index contributed by atoms with van der Waals surface area (Å²) in [7, 11) is 0. The number of nitrogens with one attached hydrogen (secondary N) is 1. The summed E-state index contributed by atoms with van der Waals surface area (Å²) < 4.78 is 0. The molecule has 0 fully saturated rings. The van der Waals surface area contributed by atoms with Crippen LogP contribution in [0.1, 0.15) is 63.9 Å². The Morgan fingerprint density at radius 1 is 1.14 bits per heavy atom. The molecule has 3 N–H and O–H groups in total. The van der Waals surface area contributed by atoms with E-state index in [-0.39, 0.29) is 5.91 Å². The van der Waals surface area contributed by atoms with Crippen molar-refractivity contribution in [1.82, 2.24) is 0 Å². The number of halogens is 1. The van der Waals surface area contributed by atoms with Gasteiger partial charge in [-0.05, 0) is 31.0 Å². The molecule has 0 aliphatic heterocycles. The maximum atomic E-state index is 11.9. The lowest BCUT2D eigenvalue weighted by Gasteiger charge is -2.10. The zero-order valence-corrected chi connectivity index (χ0v) is 13.9. The van der Waals surface area contributed by atoms with E-state index in [1.165, 1.54) is 32.1 Å². The van der Waals surface area contributed by atoms with E-state index in [1.54, 1.807) is 12.1 Å². The standard InChI is InChI=1S/C17H27ClN2O/c1-3-4-5-6-7-8-9-10-17(21)20-16-12-14(18)15(19)11-13(16)2/h11-12H,3-10,19H2,1-2H3,(H,20,21). The number of unbranched alkanes of at least 4 members (excludes halogenated alkanes) is 6. The van der Waals surface area contributed by atoms with Crippen LogP contribution in [0.5, 0.6) is 0 Å². The van der Waals surface area contributed by atoms with Crippen molar-refractivity contribution in [1.29, 1.82) is 0 Å². The molecule has 0 aliphatic rings. The monoisotopic (exact) mass is 310 g/mol. The van der Waals surface area contributed by atoms with Gasteiger partial charge < -0.3 is 11.1 Å². The highest BCUT2D eigenvalue weighted by Crippen LogP contribution is 2.26. The molecule has 0 bridgehead atoms. The molecule has 1 aromatic carbocycles. The summed E-state index contributed by atoms with van der Waals surface area (Å²) >= 11 is 5.98. The zero-order chi connectivity index (χ0) is 15.7. The van der Waals surface area contributed by atoms with E-state index in [9.17, 15) is 4.79 Å². The third-order valence-corrected chi connectivity index (χ3v) is 3.95. The van der Waals surface area contributed by atoms with Gasteiger partial charge in [-0.2, -0.15) is 0 Å². The fraction of sp³-hybridized carbons (Fsp3) is 0.588. The Balaban J connectivity index is 2.26. The highest BCUT2D eigenvalue weighted by atomic mass is 35.5. The van der Waals surface area contributed by atoms with E-state index in [2.05, 4.69) is 12.2 Å². The highest BCUT2D eigenvalue weighted by molar-refractivity contribution is 6.33. The summed E-state index contributed by atoms with van der Waals surface area (Å²) in [5, 5.41) is 3.39. The van der Waals surface area contributed by atoms with Gasteiger partial charge in [0.1, 0.15) is 0 Å². The number of nitrogen functional groups attached to an aromatic ring is 1. The summed E-state index contributed by atoms with van der Waals surface area (Å²) in [6.45, 7) is 4.13. The van der Waals surface area contributed by atoms with Crippen molar-refractivity contribution < 1.29 is 4.79 Å². The minimum Gasteiger partial charge on any atom is -0.398 e. The minimum atomic E-state index is 0.0486. The molecule has 0 spiro atoms. The molecule has 4 heteroatoms. The topological polar surface area (TPSA) is 55.1 Å². The minimum absolute atomic E-state index is 0.0486. The molecular weight excluding hydrogens is 284 g/mol. The number of aryl methyl sites for hydroxylation is 1. The molecule has 0 atom stereocenters. The van der Waals surface area contributed by atoms with Gasteiger partial charge in [0, 0.05) is 12.1 Å². The molecule has 1 aromatic rings. The van der Waals surface area contributed by atoms with Gasteiger partial charge in [0.2, 0.25) is 5.91 Å². The smallest absolute Gasteiger partial charge is 0.224 e. The van der Waals surface area contributed by atoms with Crippen LogP contribution in [0.4, 0.5) is 11.4 Å². The Kier molecular flexibility index (Phi) is 8.21. The van der Waals surface area contributed by atoms with Gasteiger partial charge in [0.25, 0.3) is 0 Å². The summed E-state index contributed by atoms with van der Waals surface area (Å²) in [4.78, 5) is 11.9. The quantitative estimate of drug-likeness (QED) is 0.479. The van der Waals surface area contributed by atoms with Crippen LogP contribution >= 0.6 is 11.6 Å². The van der Waals surface area contributed by atoms with Crippen LogP contribution in [0.25, 0.3) is 0 Å². The van der Waals surface area contributed by atoms with Gasteiger partial charge in [-0.3, -0.25) is 4.79 Å². The van der Waals surface area contributed by atoms with E-state index >= 15 is 0 Å².